The van der Waals surface area contributed by atoms with Crippen molar-refractivity contribution in [3.8, 4) is 0 Å². The molecule has 0 bridgehead atoms. The van der Waals surface area contributed by atoms with E-state index in [0.717, 1.165) is 24.3 Å². The number of hydrogen-bond donors (Lipinski definition) is 1. The highest BCUT2D eigenvalue weighted by atomic mass is 19.4. The van der Waals surface area contributed by atoms with Gasteiger partial charge in [-0.05, 0) is 49.2 Å². The predicted molar refractivity (Wildman–Crippen MR) is 137 cm³/mol. The Hall–Kier alpha value is -2.68. The van der Waals surface area contributed by atoms with Crippen molar-refractivity contribution in [1.29, 1.82) is 0 Å². The van der Waals surface area contributed by atoms with Crippen LogP contribution in [-0.2, 0) is 47.9 Å². The number of benzene rings is 2. The summed E-state index contributed by atoms with van der Waals surface area (Å²) in [6, 6.07) is 8.12. The summed E-state index contributed by atoms with van der Waals surface area (Å²) in [7, 11) is 0. The number of amides is 1. The molecule has 1 amide bonds. The molecular weight excluding hydrogens is 567 g/mol. The highest BCUT2D eigenvalue weighted by Crippen LogP contribution is 2.44. The van der Waals surface area contributed by atoms with Gasteiger partial charge in [0.1, 0.15) is 6.10 Å². The van der Waals surface area contributed by atoms with E-state index < -0.39 is 59.0 Å². The molecule has 4 atom stereocenters. The molecule has 5 rings (SSSR count). The molecule has 0 spiro atoms. The Morgan fingerprint density at radius 3 is 2.45 bits per heavy atom. The molecule has 2 aromatic rings. The van der Waals surface area contributed by atoms with E-state index >= 15 is 0 Å². The van der Waals surface area contributed by atoms with Gasteiger partial charge in [-0.25, -0.2) is 13.8 Å². The Morgan fingerprint density at radius 2 is 1.74 bits per heavy atom. The molecule has 3 fully saturated rings. The fourth-order valence-electron chi connectivity index (χ4n) is 5.52. The van der Waals surface area contributed by atoms with Crippen molar-refractivity contribution in [3.05, 3.63) is 70.8 Å². The highest BCUT2D eigenvalue weighted by Gasteiger charge is 2.58. The van der Waals surface area contributed by atoms with E-state index in [1.54, 1.807) is 18.9 Å². The van der Waals surface area contributed by atoms with E-state index in [-0.39, 0.29) is 31.6 Å². The molecule has 2 aliphatic heterocycles. The van der Waals surface area contributed by atoms with E-state index in [0.29, 0.717) is 31.9 Å². The average molecular weight is 601 g/mol. The van der Waals surface area contributed by atoms with Crippen LogP contribution in [0.2, 0.25) is 0 Å². The van der Waals surface area contributed by atoms with E-state index in [9.17, 15) is 26.7 Å². The van der Waals surface area contributed by atoms with Crippen LogP contribution in [0.15, 0.2) is 42.5 Å². The monoisotopic (exact) mass is 600 g/mol. The first-order chi connectivity index (χ1) is 19.8. The zero-order valence-electron chi connectivity index (χ0n) is 23.2. The van der Waals surface area contributed by atoms with Crippen molar-refractivity contribution in [1.82, 2.24) is 10.4 Å². The van der Waals surface area contributed by atoms with Crippen molar-refractivity contribution in [2.45, 2.75) is 75.8 Å². The van der Waals surface area contributed by atoms with Crippen LogP contribution in [0.25, 0.3) is 0 Å². The van der Waals surface area contributed by atoms with Crippen molar-refractivity contribution in [2.75, 3.05) is 26.3 Å². The lowest BCUT2D eigenvalue weighted by molar-refractivity contribution is -0.187. The van der Waals surface area contributed by atoms with E-state index in [1.807, 2.05) is 0 Å². The van der Waals surface area contributed by atoms with Crippen LogP contribution in [-0.4, -0.2) is 66.9 Å². The lowest BCUT2D eigenvalue weighted by Crippen LogP contribution is -2.63. The molecule has 2 heterocycles. The fourth-order valence-corrected chi connectivity index (χ4v) is 5.52. The number of alkyl halides is 3. The number of fused-ring (bicyclic) bond motifs is 1. The summed E-state index contributed by atoms with van der Waals surface area (Å²) in [6.07, 6.45) is -6.62. The number of halogens is 5. The minimum atomic E-state index is -4.54. The van der Waals surface area contributed by atoms with Crippen LogP contribution in [0.4, 0.5) is 22.0 Å². The minimum absolute atomic E-state index is 0.0353. The van der Waals surface area contributed by atoms with Gasteiger partial charge in [-0.2, -0.15) is 13.2 Å². The Labute approximate surface area is 240 Å². The Morgan fingerprint density at radius 1 is 1.00 bits per heavy atom. The molecule has 13 heteroatoms. The summed E-state index contributed by atoms with van der Waals surface area (Å²) in [6.45, 7) is 4.71. The summed E-state index contributed by atoms with van der Waals surface area (Å²) >= 11 is 0. The normalized spacial score (nSPS) is 27.9. The van der Waals surface area contributed by atoms with Crippen molar-refractivity contribution in [3.63, 3.8) is 0 Å². The molecule has 230 valence electrons. The summed E-state index contributed by atoms with van der Waals surface area (Å²) in [5.74, 6) is -3.54. The van der Waals surface area contributed by atoms with Crippen molar-refractivity contribution < 1.29 is 50.4 Å². The SMILES string of the molecule is CC1(C)O[C@H]2[C@H](OCc3ccc(F)c(F)c3)C[C@](OCc3cccc(C(F)(F)F)c3)(C(=O)NN3CCOCC3)C[C@H]2O1. The summed E-state index contributed by atoms with van der Waals surface area (Å²) in [5, 5.41) is 1.69. The average Bonchev–Trinajstić information content (AvgIpc) is 3.26. The number of ether oxygens (including phenoxy) is 5. The number of nitrogens with zero attached hydrogens (tertiary/aromatic N) is 1. The van der Waals surface area contributed by atoms with Crippen LogP contribution in [0.5, 0.6) is 0 Å². The van der Waals surface area contributed by atoms with E-state index in [2.05, 4.69) is 5.43 Å². The second-order valence-electron chi connectivity index (χ2n) is 11.2. The zero-order valence-corrected chi connectivity index (χ0v) is 23.2. The third-order valence-electron chi connectivity index (χ3n) is 7.55. The maximum atomic E-state index is 13.9. The largest absolute Gasteiger partial charge is 0.416 e. The number of morpholine rings is 1. The van der Waals surface area contributed by atoms with Gasteiger partial charge in [0, 0.05) is 25.9 Å². The molecule has 0 aromatic heterocycles. The highest BCUT2D eigenvalue weighted by molar-refractivity contribution is 5.85. The van der Waals surface area contributed by atoms with Gasteiger partial charge in [-0.3, -0.25) is 10.2 Å². The zero-order chi connectivity index (χ0) is 30.1. The number of nitrogens with one attached hydrogen (secondary N) is 1. The lowest BCUT2D eigenvalue weighted by Gasteiger charge is -2.44. The fraction of sp³-hybridized carbons (Fsp3) is 0.552. The van der Waals surface area contributed by atoms with Crippen molar-refractivity contribution in [2.24, 2.45) is 0 Å². The van der Waals surface area contributed by atoms with Crippen molar-refractivity contribution >= 4 is 5.91 Å². The van der Waals surface area contributed by atoms with Gasteiger partial charge in [0.2, 0.25) is 0 Å². The predicted octanol–water partition coefficient (Wildman–Crippen LogP) is 4.50. The summed E-state index contributed by atoms with van der Waals surface area (Å²) in [4.78, 5) is 13.9. The molecule has 1 saturated carbocycles. The standard InChI is InChI=1S/C29H33F5N2O6/c1-27(2)41-24-15-28(26(37)35-36-8-10-38-11-9-36,40-17-18-4-3-5-20(12-18)29(32,33)34)14-23(25(24)42-27)39-16-19-6-7-21(30)22(31)13-19/h3-7,12-13,23-25H,8-11,14-17H2,1-2H3,(H,35,37)/t23-,24-,25+,28-/m1/s1. The number of hydrazine groups is 1. The van der Waals surface area contributed by atoms with Gasteiger partial charge in [0.05, 0.1) is 44.2 Å². The van der Waals surface area contributed by atoms with Crippen LogP contribution >= 0.6 is 0 Å². The molecule has 2 aromatic carbocycles. The number of carbonyl (C=O) groups excluding carboxylic acids is 1. The molecule has 3 aliphatic rings. The van der Waals surface area contributed by atoms with Crippen LogP contribution in [0.3, 0.4) is 0 Å². The molecule has 1 aliphatic carbocycles. The Bertz CT molecular complexity index is 1270. The van der Waals surface area contributed by atoms with Crippen LogP contribution < -0.4 is 5.43 Å². The molecule has 1 N–H and O–H groups in total. The number of rotatable bonds is 8. The maximum Gasteiger partial charge on any atom is 0.416 e. The third-order valence-corrected chi connectivity index (χ3v) is 7.55. The quantitative estimate of drug-likeness (QED) is 0.447. The van der Waals surface area contributed by atoms with Crippen LogP contribution in [0.1, 0.15) is 43.4 Å². The Balaban J connectivity index is 1.42. The van der Waals surface area contributed by atoms with Gasteiger partial charge >= 0.3 is 6.18 Å². The molecule has 8 nitrogen and oxygen atoms in total. The van der Waals surface area contributed by atoms with Gasteiger partial charge < -0.3 is 23.7 Å². The smallest absolute Gasteiger partial charge is 0.379 e. The second-order valence-corrected chi connectivity index (χ2v) is 11.2. The van der Waals surface area contributed by atoms with E-state index in [1.165, 1.54) is 18.2 Å². The minimum Gasteiger partial charge on any atom is -0.379 e. The van der Waals surface area contributed by atoms with Crippen LogP contribution in [0, 0.1) is 11.6 Å². The molecule has 0 radical (unpaired) electrons. The first kappa shape index (κ1) is 30.8. The second kappa shape index (κ2) is 12.1. The molecular formula is C29H33F5N2O6. The number of carbonyl (C=O) groups is 1. The lowest BCUT2D eigenvalue weighted by atomic mass is 9.78. The molecule has 42 heavy (non-hydrogen) atoms. The summed E-state index contributed by atoms with van der Waals surface area (Å²) in [5.41, 5.74) is 1.05. The molecule has 2 saturated heterocycles. The third kappa shape index (κ3) is 7.09. The van der Waals surface area contributed by atoms with E-state index in [4.69, 9.17) is 23.7 Å². The van der Waals surface area contributed by atoms with Gasteiger partial charge in [0.25, 0.3) is 5.91 Å². The topological polar surface area (TPSA) is 78.5 Å². The molecule has 0 unspecified atom stereocenters. The first-order valence-corrected chi connectivity index (χ1v) is 13.7. The first-order valence-electron chi connectivity index (χ1n) is 13.7. The summed E-state index contributed by atoms with van der Waals surface area (Å²) < 4.78 is 97.4. The van der Waals surface area contributed by atoms with Gasteiger partial charge in [0.15, 0.2) is 23.0 Å². The number of hydrogen-bond acceptors (Lipinski definition) is 7. The maximum absolute atomic E-state index is 13.9. The van der Waals surface area contributed by atoms with Gasteiger partial charge in [-0.1, -0.05) is 18.2 Å². The Kier molecular flexibility index (Phi) is 8.89. The van der Waals surface area contributed by atoms with Gasteiger partial charge in [-0.15, -0.1) is 0 Å².